The molecule has 0 aliphatic heterocycles. The first-order chi connectivity index (χ1) is 21.2. The van der Waals surface area contributed by atoms with E-state index in [9.17, 15) is 19.8 Å². The van der Waals surface area contributed by atoms with Gasteiger partial charge in [0, 0.05) is 13.1 Å². The predicted molar refractivity (Wildman–Crippen MR) is 185 cm³/mol. The fourth-order valence-electron chi connectivity index (χ4n) is 6.14. The molecule has 0 saturated heterocycles. The number of likely N-dealkylation sites (N-methyl/N-ethyl adjacent to an activating group) is 2. The summed E-state index contributed by atoms with van der Waals surface area (Å²) in [4.78, 5) is 25.1. The number of hydrogen-bond donors (Lipinski definition) is 4. The number of carbonyl (C=O) groups excluding carboxylic acids is 2. The Kier molecular flexibility index (Phi) is 28.4. The summed E-state index contributed by atoms with van der Waals surface area (Å²) in [6.07, 6.45) is 24.1. The van der Waals surface area contributed by atoms with Crippen LogP contribution < -0.4 is 10.6 Å². The number of carbonyl (C=O) groups is 2. The second kappa shape index (κ2) is 29.2. The number of hydrogen-bond acceptors (Lipinski definition) is 4. The van der Waals surface area contributed by atoms with Gasteiger partial charge in [-0.25, -0.2) is 0 Å². The molecule has 2 atom stereocenters. The summed E-state index contributed by atoms with van der Waals surface area (Å²) < 4.78 is 1.22. The Morgan fingerprint density at radius 1 is 0.455 bits per heavy atom. The van der Waals surface area contributed by atoms with Gasteiger partial charge in [-0.2, -0.15) is 0 Å². The first-order valence-electron chi connectivity index (χ1n) is 18.7. The largest absolute Gasteiger partial charge is 0.391 e. The molecule has 2 unspecified atom stereocenters. The summed E-state index contributed by atoms with van der Waals surface area (Å²) in [5, 5.41) is 25.4. The highest BCUT2D eigenvalue weighted by molar-refractivity contribution is 5.77. The van der Waals surface area contributed by atoms with Gasteiger partial charge in [0.15, 0.2) is 13.1 Å². The minimum absolute atomic E-state index is 0.108. The van der Waals surface area contributed by atoms with Gasteiger partial charge in [0.05, 0.1) is 40.4 Å². The van der Waals surface area contributed by atoms with Crippen molar-refractivity contribution in [3.63, 3.8) is 0 Å². The van der Waals surface area contributed by atoms with Gasteiger partial charge in [-0.05, 0) is 38.5 Å². The van der Waals surface area contributed by atoms with E-state index < -0.39 is 0 Å². The van der Waals surface area contributed by atoms with Crippen LogP contribution in [0.1, 0.15) is 142 Å². The van der Waals surface area contributed by atoms with Crippen molar-refractivity contribution in [2.24, 2.45) is 0 Å². The summed E-state index contributed by atoms with van der Waals surface area (Å²) in [6.45, 7) is 10.2. The Morgan fingerprint density at radius 2 is 0.750 bits per heavy atom. The van der Waals surface area contributed by atoms with Crippen molar-refractivity contribution < 1.29 is 28.8 Å². The van der Waals surface area contributed by atoms with Gasteiger partial charge in [-0.3, -0.25) is 9.59 Å². The van der Waals surface area contributed by atoms with Crippen LogP contribution in [0.4, 0.5) is 0 Å². The predicted octanol–water partition coefficient (Wildman–Crippen LogP) is 5.94. The number of unbranched alkanes of at least 4 members (excludes halogenated alkanes) is 17. The van der Waals surface area contributed by atoms with Gasteiger partial charge in [0.25, 0.3) is 11.8 Å². The third kappa shape index (κ3) is 26.0. The molecule has 8 heteroatoms. The summed E-state index contributed by atoms with van der Waals surface area (Å²) >= 11 is 0. The number of nitrogens with zero attached hydrogens (tertiary/aromatic N) is 2. The molecule has 8 nitrogen and oxygen atoms in total. The van der Waals surface area contributed by atoms with Crippen LogP contribution in [0.5, 0.6) is 0 Å². The maximum absolute atomic E-state index is 12.5. The van der Waals surface area contributed by atoms with Crippen molar-refractivity contribution in [2.75, 3.05) is 79.7 Å². The maximum Gasteiger partial charge on any atom is 0.275 e. The Labute approximate surface area is 272 Å². The normalized spacial score (nSPS) is 14.2. The summed E-state index contributed by atoms with van der Waals surface area (Å²) in [6, 6.07) is 0. The molecule has 0 aromatic heterocycles. The lowest BCUT2D eigenvalue weighted by Crippen LogP contribution is -2.52. The highest BCUT2D eigenvalue weighted by Crippen LogP contribution is 2.13. The number of rotatable bonds is 33. The van der Waals surface area contributed by atoms with E-state index in [1.165, 1.54) is 89.9 Å². The van der Waals surface area contributed by atoms with Crippen LogP contribution >= 0.6 is 0 Å². The van der Waals surface area contributed by atoms with Gasteiger partial charge in [0.1, 0.15) is 13.1 Å². The molecule has 0 heterocycles. The van der Waals surface area contributed by atoms with Crippen molar-refractivity contribution in [1.29, 1.82) is 0 Å². The lowest BCUT2D eigenvalue weighted by atomic mass is 10.1. The third-order valence-corrected chi connectivity index (χ3v) is 9.18. The number of quaternary nitrogens is 2. The van der Waals surface area contributed by atoms with Gasteiger partial charge >= 0.3 is 0 Å². The van der Waals surface area contributed by atoms with E-state index >= 15 is 0 Å². The Bertz CT molecular complexity index is 625. The zero-order valence-electron chi connectivity index (χ0n) is 29.8. The molecule has 262 valence electrons. The molecule has 0 bridgehead atoms. The van der Waals surface area contributed by atoms with E-state index in [0.717, 1.165) is 64.7 Å². The van der Waals surface area contributed by atoms with Crippen LogP contribution in [0.3, 0.4) is 0 Å². The number of aliphatic hydroxyl groups is 2. The van der Waals surface area contributed by atoms with Gasteiger partial charge in [-0.15, -0.1) is 0 Å². The minimum Gasteiger partial charge on any atom is -0.391 e. The van der Waals surface area contributed by atoms with Crippen molar-refractivity contribution in [1.82, 2.24) is 10.6 Å². The van der Waals surface area contributed by atoms with Crippen molar-refractivity contribution in [3.8, 4) is 0 Å². The van der Waals surface area contributed by atoms with E-state index in [0.29, 0.717) is 35.1 Å². The number of aliphatic hydroxyl groups excluding tert-OH is 2. The standard InChI is InChI=1S/C36H74N4O4/c1-5-7-9-11-17-21-25-37-35(43)33-39(3,29-31-41)27-23-19-15-13-14-16-20-24-28-40(4,30-32-42)34-36(44)38-26-22-18-12-10-8-6-2/h41-42H,5-34H2,1-4H3/p+2. The van der Waals surface area contributed by atoms with Gasteiger partial charge in [0.2, 0.25) is 0 Å². The van der Waals surface area contributed by atoms with Crippen molar-refractivity contribution >= 4 is 11.8 Å². The summed E-state index contributed by atoms with van der Waals surface area (Å²) in [7, 11) is 4.20. The van der Waals surface area contributed by atoms with Gasteiger partial charge < -0.3 is 29.8 Å². The van der Waals surface area contributed by atoms with E-state index in [4.69, 9.17) is 0 Å². The molecule has 4 N–H and O–H groups in total. The monoisotopic (exact) mass is 629 g/mol. The summed E-state index contributed by atoms with van der Waals surface area (Å²) in [5.74, 6) is 0.217. The number of nitrogens with one attached hydrogen (secondary N) is 2. The molecule has 2 amide bonds. The lowest BCUT2D eigenvalue weighted by Gasteiger charge is -2.33. The molecule has 0 radical (unpaired) electrons. The Balaban J connectivity index is 4.04. The summed E-state index contributed by atoms with van der Waals surface area (Å²) in [5.41, 5.74) is 0. The van der Waals surface area contributed by atoms with Crippen LogP contribution in [-0.4, -0.2) is 111 Å². The van der Waals surface area contributed by atoms with E-state index in [1.54, 1.807) is 0 Å². The topological polar surface area (TPSA) is 98.7 Å². The second-order valence-electron chi connectivity index (χ2n) is 14.0. The van der Waals surface area contributed by atoms with Crippen LogP contribution in [0, 0.1) is 0 Å². The van der Waals surface area contributed by atoms with Crippen LogP contribution in [0.25, 0.3) is 0 Å². The Morgan fingerprint density at radius 3 is 1.07 bits per heavy atom. The molecule has 0 fully saturated rings. The zero-order chi connectivity index (χ0) is 32.8. The first-order valence-corrected chi connectivity index (χ1v) is 18.7. The molecule has 0 aliphatic carbocycles. The zero-order valence-corrected chi connectivity index (χ0v) is 29.8. The second-order valence-corrected chi connectivity index (χ2v) is 14.0. The molecule has 0 aliphatic rings. The average molecular weight is 629 g/mol. The molecule has 0 saturated carbocycles. The van der Waals surface area contributed by atoms with E-state index in [1.807, 2.05) is 0 Å². The highest BCUT2D eigenvalue weighted by atomic mass is 16.3. The minimum atomic E-state index is 0.108. The highest BCUT2D eigenvalue weighted by Gasteiger charge is 2.25. The van der Waals surface area contributed by atoms with Crippen LogP contribution in [-0.2, 0) is 9.59 Å². The Hall–Kier alpha value is -1.22. The van der Waals surface area contributed by atoms with E-state index in [-0.39, 0.29) is 25.0 Å². The maximum atomic E-state index is 12.5. The van der Waals surface area contributed by atoms with Crippen LogP contribution in [0.2, 0.25) is 0 Å². The quantitative estimate of drug-likeness (QED) is 0.0534. The molecule has 44 heavy (non-hydrogen) atoms. The molecule has 0 rings (SSSR count). The molecular weight excluding hydrogens is 552 g/mol. The molecule has 0 aromatic carbocycles. The average Bonchev–Trinajstić information content (AvgIpc) is 2.97. The van der Waals surface area contributed by atoms with Crippen molar-refractivity contribution in [2.45, 2.75) is 142 Å². The third-order valence-electron chi connectivity index (χ3n) is 9.18. The SMILES string of the molecule is CCCCCCCCNC(=O)C[N+](C)(CCO)CCCCCCCCCC[N+](C)(CCO)CC(=O)NCCCCCCCC. The fraction of sp³-hybridized carbons (Fsp3) is 0.944. The molecular formula is C36H76N4O4+2. The number of amides is 2. The fourth-order valence-corrected chi connectivity index (χ4v) is 6.14. The van der Waals surface area contributed by atoms with Crippen LogP contribution in [0.15, 0.2) is 0 Å². The van der Waals surface area contributed by atoms with E-state index in [2.05, 4.69) is 38.6 Å². The van der Waals surface area contributed by atoms with Gasteiger partial charge in [-0.1, -0.05) is 104 Å². The lowest BCUT2D eigenvalue weighted by molar-refractivity contribution is -0.902. The van der Waals surface area contributed by atoms with Crippen molar-refractivity contribution in [3.05, 3.63) is 0 Å². The molecule has 0 spiro atoms. The smallest absolute Gasteiger partial charge is 0.275 e. The molecule has 0 aromatic rings. The first kappa shape index (κ1) is 42.8.